The molecule has 1 N–H and O–H groups in total. The van der Waals surface area contributed by atoms with Gasteiger partial charge in [-0.2, -0.15) is 4.98 Å². The number of hydrogen-bond acceptors (Lipinski definition) is 11. The summed E-state index contributed by atoms with van der Waals surface area (Å²) in [4.78, 5) is 38.9. The van der Waals surface area contributed by atoms with E-state index in [1.54, 1.807) is 0 Å². The summed E-state index contributed by atoms with van der Waals surface area (Å²) in [5, 5.41) is 3.79. The molecule has 2 aromatic heterocycles. The molecule has 1 aliphatic carbocycles. The third-order valence-electron chi connectivity index (χ3n) is 11.7. The molecule has 7 heterocycles. The number of rotatable bonds is 11. The van der Waals surface area contributed by atoms with Crippen molar-refractivity contribution in [3.8, 4) is 5.75 Å². The molecule has 0 aromatic carbocycles. The molecule has 5 fully saturated rings. The van der Waals surface area contributed by atoms with Crippen LogP contribution in [-0.4, -0.2) is 132 Å². The van der Waals surface area contributed by atoms with E-state index >= 15 is 0 Å². The van der Waals surface area contributed by atoms with Gasteiger partial charge in [0.2, 0.25) is 12.4 Å². The SMILES string of the molecule is CC1(Nc2nc(N3CCN(c4ccc(OC5CCN(CC6CCN(CC7CN(C=O)C7)CC6)CC5)cn4)CC3)nc3c2SCC3)CCC1. The van der Waals surface area contributed by atoms with Crippen LogP contribution in [-0.2, 0) is 11.2 Å². The number of carbonyl (C=O) groups excluding carboxylic acids is 1. The minimum Gasteiger partial charge on any atom is -0.489 e. The standard InChI is InChI=1S/C36H53N9O2S/c1-36(10-2-11-36)40-34-33-31(9-20-48-33)38-35(39-34)45-18-16-44(17-19-45)32-4-3-30(21-37-32)47-29-7-14-42(15-8-29)22-27-5-12-41(13-6-27)23-28-24-43(25-28)26-46/h3-4,21,26-29H,2,5-20,22-25H2,1H3,(H,38,39,40). The number of piperidine rings is 2. The Labute approximate surface area is 290 Å². The minimum atomic E-state index is 0.178. The molecule has 4 saturated heterocycles. The second-order valence-corrected chi connectivity index (χ2v) is 16.5. The summed E-state index contributed by atoms with van der Waals surface area (Å²) in [7, 11) is 0. The van der Waals surface area contributed by atoms with E-state index < -0.39 is 0 Å². The Bertz CT molecular complexity index is 1390. The van der Waals surface area contributed by atoms with Gasteiger partial charge in [-0.1, -0.05) is 0 Å². The Morgan fingerprint density at radius 3 is 2.29 bits per heavy atom. The lowest BCUT2D eigenvalue weighted by molar-refractivity contribution is -0.124. The number of carbonyl (C=O) groups is 1. The van der Waals surface area contributed by atoms with Gasteiger partial charge < -0.3 is 34.6 Å². The molecule has 11 nitrogen and oxygen atoms in total. The molecule has 12 heteroatoms. The molecule has 260 valence electrons. The average Bonchev–Trinajstić information content (AvgIpc) is 3.57. The number of fused-ring (bicyclic) bond motifs is 1. The normalized spacial score (nSPS) is 24.2. The fourth-order valence-corrected chi connectivity index (χ4v) is 9.51. The summed E-state index contributed by atoms with van der Waals surface area (Å²) in [5.74, 6) is 6.42. The Hall–Kier alpha value is -2.83. The average molecular weight is 676 g/mol. The molecule has 0 unspecified atom stereocenters. The summed E-state index contributed by atoms with van der Waals surface area (Å²) in [6.07, 6.45) is 12.7. The van der Waals surface area contributed by atoms with E-state index in [1.165, 1.54) is 62.3 Å². The van der Waals surface area contributed by atoms with Gasteiger partial charge in [-0.05, 0) is 83.0 Å². The first-order valence-corrected chi connectivity index (χ1v) is 19.6. The van der Waals surface area contributed by atoms with Crippen molar-refractivity contribution in [1.29, 1.82) is 0 Å². The highest BCUT2D eigenvalue weighted by Crippen LogP contribution is 2.41. The molecular formula is C36H53N9O2S. The number of likely N-dealkylation sites (tertiary alicyclic amines) is 3. The highest BCUT2D eigenvalue weighted by atomic mass is 32.2. The highest BCUT2D eigenvalue weighted by Gasteiger charge is 2.35. The quantitative estimate of drug-likeness (QED) is 0.353. The minimum absolute atomic E-state index is 0.178. The first-order valence-electron chi connectivity index (χ1n) is 18.6. The van der Waals surface area contributed by atoms with Crippen molar-refractivity contribution in [1.82, 2.24) is 29.7 Å². The summed E-state index contributed by atoms with van der Waals surface area (Å²) in [6.45, 7) is 14.8. The van der Waals surface area contributed by atoms with Gasteiger partial charge in [0.15, 0.2) is 0 Å². The van der Waals surface area contributed by atoms with Gasteiger partial charge in [-0.15, -0.1) is 11.8 Å². The highest BCUT2D eigenvalue weighted by molar-refractivity contribution is 7.99. The van der Waals surface area contributed by atoms with Crippen molar-refractivity contribution in [2.24, 2.45) is 11.8 Å². The van der Waals surface area contributed by atoms with Crippen LogP contribution in [0.4, 0.5) is 17.6 Å². The van der Waals surface area contributed by atoms with E-state index in [0.29, 0.717) is 5.92 Å². The summed E-state index contributed by atoms with van der Waals surface area (Å²) in [5.41, 5.74) is 1.39. The maximum absolute atomic E-state index is 10.8. The number of nitrogens with one attached hydrogen (secondary N) is 1. The number of aryl methyl sites for hydroxylation is 1. The topological polar surface area (TPSA) is 93.2 Å². The van der Waals surface area contributed by atoms with E-state index in [2.05, 4.69) is 44.0 Å². The summed E-state index contributed by atoms with van der Waals surface area (Å²) in [6, 6.07) is 4.23. The number of hydrogen-bond donors (Lipinski definition) is 1. The van der Waals surface area contributed by atoms with Crippen LogP contribution in [0.2, 0.25) is 0 Å². The van der Waals surface area contributed by atoms with Gasteiger partial charge in [-0.25, -0.2) is 9.97 Å². The van der Waals surface area contributed by atoms with Crippen LogP contribution in [0.5, 0.6) is 5.75 Å². The van der Waals surface area contributed by atoms with Crippen molar-refractivity contribution in [3.63, 3.8) is 0 Å². The molecule has 48 heavy (non-hydrogen) atoms. The van der Waals surface area contributed by atoms with Gasteiger partial charge in [0.05, 0.1) is 16.8 Å². The molecule has 8 rings (SSSR count). The largest absolute Gasteiger partial charge is 0.489 e. The van der Waals surface area contributed by atoms with Crippen molar-refractivity contribution in [2.45, 2.75) is 74.8 Å². The van der Waals surface area contributed by atoms with E-state index in [-0.39, 0.29) is 11.6 Å². The van der Waals surface area contributed by atoms with Crippen LogP contribution < -0.4 is 19.9 Å². The van der Waals surface area contributed by atoms with Crippen molar-refractivity contribution < 1.29 is 9.53 Å². The van der Waals surface area contributed by atoms with Crippen LogP contribution >= 0.6 is 11.8 Å². The van der Waals surface area contributed by atoms with Crippen LogP contribution in [0.1, 0.15) is 57.6 Å². The molecule has 0 spiro atoms. The number of anilines is 3. The molecule has 6 aliphatic rings. The maximum Gasteiger partial charge on any atom is 0.227 e. The third kappa shape index (κ3) is 7.35. The number of pyridine rings is 1. The fourth-order valence-electron chi connectivity index (χ4n) is 8.46. The van der Waals surface area contributed by atoms with Crippen LogP contribution in [0.3, 0.4) is 0 Å². The molecule has 2 aromatic rings. The Morgan fingerprint density at radius 2 is 1.62 bits per heavy atom. The van der Waals surface area contributed by atoms with Crippen LogP contribution in [0, 0.1) is 11.8 Å². The fraction of sp³-hybridized carbons (Fsp3) is 0.722. The van der Waals surface area contributed by atoms with Gasteiger partial charge >= 0.3 is 0 Å². The van der Waals surface area contributed by atoms with Gasteiger partial charge in [0.25, 0.3) is 0 Å². The van der Waals surface area contributed by atoms with Crippen LogP contribution in [0.15, 0.2) is 23.2 Å². The molecule has 5 aliphatic heterocycles. The number of nitrogens with zero attached hydrogens (tertiary/aromatic N) is 8. The number of amides is 1. The number of ether oxygens (including phenoxy) is 1. The Morgan fingerprint density at radius 1 is 0.917 bits per heavy atom. The number of thioether (sulfide) groups is 1. The Balaban J connectivity index is 0.760. The molecule has 1 amide bonds. The predicted molar refractivity (Wildman–Crippen MR) is 191 cm³/mol. The van der Waals surface area contributed by atoms with E-state index in [9.17, 15) is 4.79 Å². The zero-order valence-corrected chi connectivity index (χ0v) is 29.5. The molecular weight excluding hydrogens is 623 g/mol. The van der Waals surface area contributed by atoms with Gasteiger partial charge in [0.1, 0.15) is 23.5 Å². The van der Waals surface area contributed by atoms with Gasteiger partial charge in [0, 0.05) is 89.1 Å². The smallest absolute Gasteiger partial charge is 0.227 e. The first-order chi connectivity index (χ1) is 23.5. The van der Waals surface area contributed by atoms with Crippen molar-refractivity contribution in [2.75, 3.05) is 99.4 Å². The lowest BCUT2D eigenvalue weighted by atomic mass is 9.78. The molecule has 0 bridgehead atoms. The van der Waals surface area contributed by atoms with Crippen LogP contribution in [0.25, 0.3) is 0 Å². The second-order valence-electron chi connectivity index (χ2n) is 15.4. The number of aromatic nitrogens is 3. The second kappa shape index (κ2) is 14.2. The van der Waals surface area contributed by atoms with Gasteiger partial charge in [-0.3, -0.25) is 4.79 Å². The first kappa shape index (κ1) is 32.4. The van der Waals surface area contributed by atoms with Crippen molar-refractivity contribution >= 4 is 35.8 Å². The molecule has 0 atom stereocenters. The zero-order valence-electron chi connectivity index (χ0n) is 28.7. The Kier molecular flexibility index (Phi) is 9.57. The summed E-state index contributed by atoms with van der Waals surface area (Å²) >= 11 is 1.90. The molecule has 1 saturated carbocycles. The third-order valence-corrected chi connectivity index (χ3v) is 12.8. The predicted octanol–water partition coefficient (Wildman–Crippen LogP) is 3.84. The lowest BCUT2D eigenvalue weighted by Crippen LogP contribution is -2.52. The van der Waals surface area contributed by atoms with Crippen molar-refractivity contribution in [3.05, 3.63) is 24.0 Å². The summed E-state index contributed by atoms with van der Waals surface area (Å²) < 4.78 is 6.42. The maximum atomic E-state index is 10.8. The zero-order chi connectivity index (χ0) is 32.5. The monoisotopic (exact) mass is 675 g/mol. The molecule has 0 radical (unpaired) electrons. The lowest BCUT2D eigenvalue weighted by Gasteiger charge is -2.42. The number of piperazine rings is 1. The van der Waals surface area contributed by atoms with E-state index in [4.69, 9.17) is 19.7 Å². The van der Waals surface area contributed by atoms with E-state index in [1.807, 2.05) is 22.9 Å². The van der Waals surface area contributed by atoms with E-state index in [0.717, 1.165) is 120 Å².